The van der Waals surface area contributed by atoms with Crippen molar-refractivity contribution >= 4 is 29.4 Å². The van der Waals surface area contributed by atoms with E-state index in [0.29, 0.717) is 5.56 Å². The van der Waals surface area contributed by atoms with Crippen LogP contribution in [0.15, 0.2) is 96.3 Å². The topological polar surface area (TPSA) is 94.9 Å². The van der Waals surface area contributed by atoms with Crippen LogP contribution in [0.4, 0.5) is 10.1 Å². The lowest BCUT2D eigenvalue weighted by molar-refractivity contribution is -0.117. The van der Waals surface area contributed by atoms with Crippen LogP contribution in [-0.2, 0) is 9.59 Å². The molecule has 33 heavy (non-hydrogen) atoms. The number of benzene rings is 3. The summed E-state index contributed by atoms with van der Waals surface area (Å²) in [6.45, 7) is 0. The number of hydrogen-bond donors (Lipinski definition) is 2. The number of anilines is 1. The molecule has 1 heterocycles. The van der Waals surface area contributed by atoms with Crippen molar-refractivity contribution in [2.75, 3.05) is 4.90 Å². The van der Waals surface area contributed by atoms with Crippen molar-refractivity contribution in [2.45, 2.75) is 6.04 Å². The molecule has 1 atom stereocenters. The molecule has 2 N–H and O–H groups in total. The number of hydrogen-bond acceptors (Lipinski definition) is 4. The number of halogens is 1. The predicted molar refractivity (Wildman–Crippen MR) is 120 cm³/mol. The summed E-state index contributed by atoms with van der Waals surface area (Å²) in [5, 5.41) is 20.0. The van der Waals surface area contributed by atoms with Crippen molar-refractivity contribution in [1.82, 2.24) is 0 Å². The molecule has 0 fully saturated rings. The summed E-state index contributed by atoms with van der Waals surface area (Å²) in [4.78, 5) is 38.7. The Morgan fingerprint density at radius 1 is 0.939 bits per heavy atom. The van der Waals surface area contributed by atoms with Crippen LogP contribution in [0.2, 0.25) is 0 Å². The molecule has 0 spiro atoms. The number of allylic oxidation sites excluding steroid dienone is 1. The van der Waals surface area contributed by atoms with Crippen molar-refractivity contribution in [3.8, 4) is 0 Å². The molecular weight excluding hydrogens is 425 g/mol. The molecule has 6 nitrogen and oxygen atoms in total. The van der Waals surface area contributed by atoms with E-state index in [-0.39, 0.29) is 16.8 Å². The molecule has 0 saturated heterocycles. The standard InChI is InChI=1S/C26H18FNO5/c27-19-12-10-17(11-13-19)23-22(21(29)14-9-16-5-2-1-3-6-16)24(30)25(31)28(23)20-8-4-7-18(15-20)26(32)33/h1-15,23,30H,(H,32,33)/b14-9+/t23-/m0/s1. The van der Waals surface area contributed by atoms with Gasteiger partial charge in [-0.05, 0) is 47.5 Å². The first-order valence-corrected chi connectivity index (χ1v) is 10.00. The van der Waals surface area contributed by atoms with Gasteiger partial charge >= 0.3 is 5.97 Å². The number of amides is 1. The molecule has 0 aromatic heterocycles. The minimum Gasteiger partial charge on any atom is -0.503 e. The number of ketones is 1. The molecule has 1 amide bonds. The van der Waals surface area contributed by atoms with Crippen molar-refractivity contribution in [3.05, 3.63) is 119 Å². The van der Waals surface area contributed by atoms with E-state index in [2.05, 4.69) is 0 Å². The van der Waals surface area contributed by atoms with Crippen molar-refractivity contribution < 1.29 is 29.0 Å². The zero-order valence-electron chi connectivity index (χ0n) is 17.2. The van der Waals surface area contributed by atoms with Gasteiger partial charge in [0.25, 0.3) is 5.91 Å². The van der Waals surface area contributed by atoms with E-state index in [1.54, 1.807) is 30.3 Å². The van der Waals surface area contributed by atoms with Gasteiger partial charge in [0.05, 0.1) is 17.2 Å². The molecule has 4 rings (SSSR count). The fraction of sp³-hybridized carbons (Fsp3) is 0.0385. The Hall–Kier alpha value is -4.52. The van der Waals surface area contributed by atoms with Crippen molar-refractivity contribution in [1.29, 1.82) is 0 Å². The third-order valence-corrected chi connectivity index (χ3v) is 5.26. The Labute approximate surface area is 188 Å². The van der Waals surface area contributed by atoms with E-state index in [0.717, 1.165) is 10.5 Å². The summed E-state index contributed by atoms with van der Waals surface area (Å²) >= 11 is 0. The maximum absolute atomic E-state index is 13.6. The second-order valence-electron chi connectivity index (χ2n) is 7.36. The van der Waals surface area contributed by atoms with Crippen LogP contribution in [0, 0.1) is 5.82 Å². The Morgan fingerprint density at radius 3 is 2.30 bits per heavy atom. The molecule has 0 saturated carbocycles. The van der Waals surface area contributed by atoms with E-state index in [4.69, 9.17) is 0 Å². The quantitative estimate of drug-likeness (QED) is 0.538. The number of carboxylic acids is 1. The predicted octanol–water partition coefficient (Wildman–Crippen LogP) is 4.71. The summed E-state index contributed by atoms with van der Waals surface area (Å²) in [5.74, 6) is -3.90. The number of aromatic carboxylic acids is 1. The summed E-state index contributed by atoms with van der Waals surface area (Å²) in [5.41, 5.74) is 1.06. The van der Waals surface area contributed by atoms with E-state index >= 15 is 0 Å². The number of aliphatic hydroxyl groups excluding tert-OH is 1. The van der Waals surface area contributed by atoms with Crippen molar-refractivity contribution in [3.63, 3.8) is 0 Å². The lowest BCUT2D eigenvalue weighted by atomic mass is 9.95. The number of rotatable bonds is 6. The van der Waals surface area contributed by atoms with Gasteiger partial charge in [-0.2, -0.15) is 0 Å². The first-order chi connectivity index (χ1) is 15.9. The zero-order chi connectivity index (χ0) is 23.5. The summed E-state index contributed by atoms with van der Waals surface area (Å²) < 4.78 is 13.6. The first kappa shape index (κ1) is 21.7. The molecule has 1 aliphatic rings. The Kier molecular flexibility index (Phi) is 5.87. The van der Waals surface area contributed by atoms with Crippen LogP contribution in [0.1, 0.15) is 27.5 Å². The van der Waals surface area contributed by atoms with E-state index < -0.39 is 35.3 Å². The summed E-state index contributed by atoms with van der Waals surface area (Å²) in [6, 6.07) is 18.7. The van der Waals surface area contributed by atoms with Gasteiger partial charge in [-0.1, -0.05) is 54.6 Å². The van der Waals surface area contributed by atoms with Gasteiger partial charge in [-0.25, -0.2) is 9.18 Å². The highest BCUT2D eigenvalue weighted by molar-refractivity contribution is 6.20. The van der Waals surface area contributed by atoms with Crippen LogP contribution in [0.3, 0.4) is 0 Å². The molecule has 1 aliphatic heterocycles. The molecule has 3 aromatic carbocycles. The highest BCUT2D eigenvalue weighted by atomic mass is 19.1. The SMILES string of the molecule is O=C(/C=C/c1ccccc1)C1=C(O)C(=O)N(c2cccc(C(=O)O)c2)[C@H]1c1ccc(F)cc1. The minimum atomic E-state index is -1.19. The second kappa shape index (κ2) is 8.92. The maximum atomic E-state index is 13.6. The van der Waals surface area contributed by atoms with Gasteiger partial charge in [-0.3, -0.25) is 14.5 Å². The number of carbonyl (C=O) groups is 3. The van der Waals surface area contributed by atoms with Crippen LogP contribution in [-0.4, -0.2) is 27.9 Å². The molecule has 164 valence electrons. The fourth-order valence-corrected chi connectivity index (χ4v) is 3.70. The number of carboxylic acid groups (broad SMARTS) is 1. The molecule has 0 unspecified atom stereocenters. The second-order valence-corrected chi connectivity index (χ2v) is 7.36. The molecular formula is C26H18FNO5. The number of carbonyl (C=O) groups excluding carboxylic acids is 2. The first-order valence-electron chi connectivity index (χ1n) is 10.00. The van der Waals surface area contributed by atoms with E-state index in [9.17, 15) is 29.0 Å². The summed E-state index contributed by atoms with van der Waals surface area (Å²) in [7, 11) is 0. The third-order valence-electron chi connectivity index (χ3n) is 5.26. The van der Waals surface area contributed by atoms with Crippen LogP contribution in [0.5, 0.6) is 0 Å². The smallest absolute Gasteiger partial charge is 0.335 e. The average molecular weight is 443 g/mol. The molecule has 0 bridgehead atoms. The average Bonchev–Trinajstić information content (AvgIpc) is 3.09. The van der Waals surface area contributed by atoms with Gasteiger partial charge < -0.3 is 10.2 Å². The number of nitrogens with zero attached hydrogens (tertiary/aromatic N) is 1. The Balaban J connectivity index is 1.81. The molecule has 7 heteroatoms. The largest absolute Gasteiger partial charge is 0.503 e. The van der Waals surface area contributed by atoms with E-state index in [1.165, 1.54) is 54.6 Å². The zero-order valence-corrected chi connectivity index (χ0v) is 17.2. The fourth-order valence-electron chi connectivity index (χ4n) is 3.70. The van der Waals surface area contributed by atoms with Crippen molar-refractivity contribution in [2.24, 2.45) is 0 Å². The number of aliphatic hydroxyl groups is 1. The lowest BCUT2D eigenvalue weighted by Gasteiger charge is -2.27. The monoisotopic (exact) mass is 443 g/mol. The third kappa shape index (κ3) is 4.29. The highest BCUT2D eigenvalue weighted by Crippen LogP contribution is 2.41. The Morgan fingerprint density at radius 2 is 1.64 bits per heavy atom. The normalized spacial score (nSPS) is 16.0. The maximum Gasteiger partial charge on any atom is 0.335 e. The Bertz CT molecular complexity index is 1300. The van der Waals surface area contributed by atoms with Gasteiger partial charge in [0.1, 0.15) is 5.82 Å². The minimum absolute atomic E-state index is 0.0682. The molecule has 3 aromatic rings. The van der Waals surface area contributed by atoms with Gasteiger partial charge in [0.2, 0.25) is 0 Å². The molecule has 0 radical (unpaired) electrons. The highest BCUT2D eigenvalue weighted by Gasteiger charge is 2.43. The molecule has 0 aliphatic carbocycles. The summed E-state index contributed by atoms with van der Waals surface area (Å²) in [6.07, 6.45) is 2.81. The van der Waals surface area contributed by atoms with Crippen LogP contribution in [0.25, 0.3) is 6.08 Å². The van der Waals surface area contributed by atoms with Gasteiger partial charge in [-0.15, -0.1) is 0 Å². The van der Waals surface area contributed by atoms with Gasteiger partial charge in [0, 0.05) is 5.69 Å². The lowest BCUT2D eigenvalue weighted by Crippen LogP contribution is -2.31. The van der Waals surface area contributed by atoms with Crippen LogP contribution < -0.4 is 4.90 Å². The van der Waals surface area contributed by atoms with Gasteiger partial charge in [0.15, 0.2) is 11.5 Å². The van der Waals surface area contributed by atoms with Crippen LogP contribution >= 0.6 is 0 Å². The van der Waals surface area contributed by atoms with E-state index in [1.807, 2.05) is 6.07 Å².